The first-order valence-corrected chi connectivity index (χ1v) is 12.6. The molecule has 8 heteroatoms. The minimum absolute atomic E-state index is 0.159. The standard InChI is InChI=1S/C27H39NO7/c1-4-6-17(12-19-8-9-20(14-29)35-19)7-10-23(31)24-18(16-34-3)13-21-25(22(24)15-30)27(33)28(11-5-2)26(21)32/h8-9,12,21-23,25,29-31H,4-7,10-11,13-16H2,1-3H3/b17-12+/t21-,22+,23-,25-/m1/s1. The van der Waals surface area contributed by atoms with Gasteiger partial charge in [-0.2, -0.15) is 0 Å². The Kier molecular flexibility index (Phi) is 9.86. The summed E-state index contributed by atoms with van der Waals surface area (Å²) in [7, 11) is 1.56. The lowest BCUT2D eigenvalue weighted by molar-refractivity contribution is -0.140. The van der Waals surface area contributed by atoms with Crippen molar-refractivity contribution >= 4 is 17.9 Å². The summed E-state index contributed by atoms with van der Waals surface area (Å²) in [6.07, 6.45) is 4.90. The summed E-state index contributed by atoms with van der Waals surface area (Å²) in [5, 5.41) is 30.9. The minimum Gasteiger partial charge on any atom is -0.459 e. The Morgan fingerprint density at radius 3 is 2.57 bits per heavy atom. The summed E-state index contributed by atoms with van der Waals surface area (Å²) in [4.78, 5) is 27.4. The number of aliphatic hydroxyl groups excluding tert-OH is 3. The zero-order chi connectivity index (χ0) is 25.5. The third kappa shape index (κ3) is 5.94. The number of rotatable bonds is 13. The first-order valence-electron chi connectivity index (χ1n) is 12.6. The predicted octanol–water partition coefficient (Wildman–Crippen LogP) is 3.06. The van der Waals surface area contributed by atoms with Crippen LogP contribution in [0.3, 0.4) is 0 Å². The third-order valence-corrected chi connectivity index (χ3v) is 7.09. The molecule has 1 aliphatic heterocycles. The van der Waals surface area contributed by atoms with Crippen LogP contribution in [0.15, 0.2) is 33.3 Å². The lowest BCUT2D eigenvalue weighted by Crippen LogP contribution is -2.39. The molecule has 194 valence electrons. The van der Waals surface area contributed by atoms with Crippen LogP contribution in [0.1, 0.15) is 63.9 Å². The van der Waals surface area contributed by atoms with Crippen LogP contribution < -0.4 is 0 Å². The number of carbonyl (C=O) groups is 2. The molecule has 0 unspecified atom stereocenters. The number of furan rings is 1. The van der Waals surface area contributed by atoms with Crippen molar-refractivity contribution in [1.29, 1.82) is 0 Å². The fraction of sp³-hybridized carbons (Fsp3) is 0.630. The average Bonchev–Trinajstić information content (AvgIpc) is 3.40. The van der Waals surface area contributed by atoms with E-state index >= 15 is 0 Å². The maximum Gasteiger partial charge on any atom is 0.233 e. The molecule has 1 saturated heterocycles. The van der Waals surface area contributed by atoms with Crippen LogP contribution in [-0.4, -0.2) is 65.0 Å². The van der Waals surface area contributed by atoms with Gasteiger partial charge in [-0.15, -0.1) is 0 Å². The highest BCUT2D eigenvalue weighted by molar-refractivity contribution is 6.05. The Balaban J connectivity index is 1.84. The Morgan fingerprint density at radius 1 is 1.20 bits per heavy atom. The summed E-state index contributed by atoms with van der Waals surface area (Å²) in [5.74, 6) is -1.04. The molecule has 0 spiro atoms. The van der Waals surface area contributed by atoms with Gasteiger partial charge in [0.2, 0.25) is 11.8 Å². The number of hydrogen-bond donors (Lipinski definition) is 3. The average molecular weight is 490 g/mol. The van der Waals surface area contributed by atoms with Crippen molar-refractivity contribution in [2.45, 2.75) is 65.1 Å². The molecule has 3 N–H and O–H groups in total. The first kappa shape index (κ1) is 27.3. The van der Waals surface area contributed by atoms with E-state index in [-0.39, 0.29) is 31.6 Å². The second kappa shape index (κ2) is 12.6. The van der Waals surface area contributed by atoms with Crippen LogP contribution in [0, 0.1) is 17.8 Å². The molecule has 1 aromatic heterocycles. The molecule has 0 saturated carbocycles. The van der Waals surface area contributed by atoms with Gasteiger partial charge >= 0.3 is 0 Å². The maximum absolute atomic E-state index is 13.1. The van der Waals surface area contributed by atoms with E-state index in [9.17, 15) is 24.9 Å². The van der Waals surface area contributed by atoms with Gasteiger partial charge in [0.1, 0.15) is 18.1 Å². The van der Waals surface area contributed by atoms with Gasteiger partial charge < -0.3 is 24.5 Å². The van der Waals surface area contributed by atoms with Crippen LogP contribution in [0.4, 0.5) is 0 Å². The van der Waals surface area contributed by atoms with Gasteiger partial charge in [0.15, 0.2) is 0 Å². The summed E-state index contributed by atoms with van der Waals surface area (Å²) >= 11 is 0. The highest BCUT2D eigenvalue weighted by Crippen LogP contribution is 2.46. The van der Waals surface area contributed by atoms with Gasteiger partial charge in [0, 0.05) is 19.6 Å². The molecule has 2 aliphatic rings. The topological polar surface area (TPSA) is 120 Å². The quantitative estimate of drug-likeness (QED) is 0.288. The van der Waals surface area contributed by atoms with Crippen LogP contribution in [-0.2, 0) is 20.9 Å². The van der Waals surface area contributed by atoms with E-state index in [1.54, 1.807) is 13.2 Å². The number of nitrogens with zero attached hydrogens (tertiary/aromatic N) is 1. The van der Waals surface area contributed by atoms with Crippen LogP contribution in [0.5, 0.6) is 0 Å². The second-order valence-electron chi connectivity index (χ2n) is 9.51. The molecule has 1 fully saturated rings. The summed E-state index contributed by atoms with van der Waals surface area (Å²) in [6, 6.07) is 3.54. The number of likely N-dealkylation sites (tertiary alicyclic amines) is 1. The Morgan fingerprint density at radius 2 is 1.97 bits per heavy atom. The molecule has 0 aromatic carbocycles. The Hall–Kier alpha value is -2.26. The van der Waals surface area contributed by atoms with Gasteiger partial charge in [-0.3, -0.25) is 14.5 Å². The number of allylic oxidation sites excluding steroid dienone is 1. The van der Waals surface area contributed by atoms with E-state index in [4.69, 9.17) is 9.15 Å². The smallest absolute Gasteiger partial charge is 0.233 e. The summed E-state index contributed by atoms with van der Waals surface area (Å²) < 4.78 is 11.0. The van der Waals surface area contributed by atoms with Crippen molar-refractivity contribution in [2.75, 3.05) is 26.9 Å². The molecular formula is C27H39NO7. The van der Waals surface area contributed by atoms with E-state index in [2.05, 4.69) is 6.92 Å². The highest BCUT2D eigenvalue weighted by Gasteiger charge is 2.54. The van der Waals surface area contributed by atoms with E-state index in [1.165, 1.54) is 4.90 Å². The number of imide groups is 1. The Bertz CT molecular complexity index is 947. The number of aliphatic hydroxyl groups is 3. The number of carbonyl (C=O) groups excluding carboxylic acids is 2. The minimum atomic E-state index is -0.869. The van der Waals surface area contributed by atoms with E-state index < -0.39 is 23.9 Å². The number of hydrogen-bond acceptors (Lipinski definition) is 7. The molecule has 8 nitrogen and oxygen atoms in total. The third-order valence-electron chi connectivity index (χ3n) is 7.09. The SMILES string of the molecule is CCC/C(=C\c1ccc(CO)o1)CC[C@@H](O)C1=C(COC)C[C@H]2C(=O)N(CCC)C(=O)[C@H]2[C@H]1CO. The molecule has 3 rings (SSSR count). The summed E-state index contributed by atoms with van der Waals surface area (Å²) in [5.41, 5.74) is 2.56. The fourth-order valence-corrected chi connectivity index (χ4v) is 5.60. The zero-order valence-electron chi connectivity index (χ0n) is 21.0. The molecule has 4 atom stereocenters. The number of amides is 2. The zero-order valence-corrected chi connectivity index (χ0v) is 21.0. The monoisotopic (exact) mass is 489 g/mol. The van der Waals surface area contributed by atoms with Crippen molar-refractivity contribution in [3.05, 3.63) is 40.4 Å². The molecule has 2 amide bonds. The lowest BCUT2D eigenvalue weighted by Gasteiger charge is -2.36. The van der Waals surface area contributed by atoms with Crippen LogP contribution >= 0.6 is 0 Å². The van der Waals surface area contributed by atoms with E-state index in [0.717, 1.165) is 24.0 Å². The van der Waals surface area contributed by atoms with Crippen molar-refractivity contribution < 1.29 is 34.1 Å². The first-order chi connectivity index (χ1) is 16.9. The van der Waals surface area contributed by atoms with Crippen molar-refractivity contribution in [3.63, 3.8) is 0 Å². The van der Waals surface area contributed by atoms with E-state index in [1.807, 2.05) is 19.1 Å². The van der Waals surface area contributed by atoms with Gasteiger partial charge in [-0.1, -0.05) is 25.8 Å². The van der Waals surface area contributed by atoms with Crippen LogP contribution in [0.25, 0.3) is 6.08 Å². The van der Waals surface area contributed by atoms with Gasteiger partial charge in [0.25, 0.3) is 0 Å². The van der Waals surface area contributed by atoms with Gasteiger partial charge in [0.05, 0.1) is 31.2 Å². The van der Waals surface area contributed by atoms with Gasteiger partial charge in [-0.25, -0.2) is 0 Å². The Labute approximate surface area is 207 Å². The number of ether oxygens (including phenoxy) is 1. The predicted molar refractivity (Wildman–Crippen MR) is 131 cm³/mol. The van der Waals surface area contributed by atoms with Crippen molar-refractivity contribution in [3.8, 4) is 0 Å². The number of fused-ring (bicyclic) bond motifs is 1. The molecule has 35 heavy (non-hydrogen) atoms. The van der Waals surface area contributed by atoms with Crippen molar-refractivity contribution in [2.24, 2.45) is 17.8 Å². The second-order valence-corrected chi connectivity index (χ2v) is 9.51. The lowest BCUT2D eigenvalue weighted by atomic mass is 9.68. The number of methoxy groups -OCH3 is 1. The molecule has 2 heterocycles. The molecule has 0 bridgehead atoms. The molecular weight excluding hydrogens is 450 g/mol. The van der Waals surface area contributed by atoms with Gasteiger partial charge in [-0.05, 0) is 61.5 Å². The normalized spacial score (nSPS) is 23.9. The fourth-order valence-electron chi connectivity index (χ4n) is 5.60. The van der Waals surface area contributed by atoms with Crippen LogP contribution in [0.2, 0.25) is 0 Å². The largest absolute Gasteiger partial charge is 0.459 e. The highest BCUT2D eigenvalue weighted by atomic mass is 16.5. The molecule has 1 aromatic rings. The maximum atomic E-state index is 13.1. The van der Waals surface area contributed by atoms with E-state index in [0.29, 0.717) is 49.3 Å². The molecule has 0 radical (unpaired) electrons. The molecule has 1 aliphatic carbocycles. The summed E-state index contributed by atoms with van der Waals surface area (Å²) in [6.45, 7) is 4.15. The van der Waals surface area contributed by atoms with Crippen molar-refractivity contribution in [1.82, 2.24) is 4.90 Å².